The zero-order valence-corrected chi connectivity index (χ0v) is 13.6. The number of aldehydes is 1. The van der Waals surface area contributed by atoms with Gasteiger partial charge in [0, 0.05) is 11.1 Å². The number of carbonyl (C=O) groups excluding carboxylic acids is 1. The third-order valence-electron chi connectivity index (χ3n) is 4.34. The van der Waals surface area contributed by atoms with Crippen LogP contribution < -0.4 is 14.2 Å². The number of aryl methyl sites for hydroxylation is 2. The van der Waals surface area contributed by atoms with Gasteiger partial charge in [0.15, 0.2) is 11.5 Å². The van der Waals surface area contributed by atoms with Crippen LogP contribution in [0, 0.1) is 0 Å². The van der Waals surface area contributed by atoms with Crippen LogP contribution in [0.4, 0.5) is 0 Å². The minimum Gasteiger partial charge on any atom is -0.493 e. The molecule has 0 saturated carbocycles. The Morgan fingerprint density at radius 3 is 2.30 bits per heavy atom. The van der Waals surface area contributed by atoms with E-state index in [-0.39, 0.29) is 0 Å². The number of hydrogen-bond donors (Lipinski definition) is 0. The summed E-state index contributed by atoms with van der Waals surface area (Å²) in [7, 11) is 4.88. The molecule has 1 aliphatic carbocycles. The first kappa shape index (κ1) is 15.4. The summed E-state index contributed by atoms with van der Waals surface area (Å²) in [5, 5.41) is 0. The Kier molecular flexibility index (Phi) is 4.24. The van der Waals surface area contributed by atoms with Crippen molar-refractivity contribution in [2.75, 3.05) is 21.3 Å². The lowest BCUT2D eigenvalue weighted by molar-refractivity contribution is 0.112. The second-order valence-corrected chi connectivity index (χ2v) is 5.57. The zero-order chi connectivity index (χ0) is 16.4. The van der Waals surface area contributed by atoms with Gasteiger partial charge in [0.05, 0.1) is 21.3 Å². The molecule has 3 rings (SSSR count). The van der Waals surface area contributed by atoms with Crippen molar-refractivity contribution >= 4 is 6.29 Å². The van der Waals surface area contributed by atoms with Crippen LogP contribution in [0.5, 0.6) is 17.2 Å². The topological polar surface area (TPSA) is 44.8 Å². The van der Waals surface area contributed by atoms with Gasteiger partial charge in [-0.2, -0.15) is 0 Å². The van der Waals surface area contributed by atoms with E-state index in [1.807, 2.05) is 24.3 Å². The van der Waals surface area contributed by atoms with Gasteiger partial charge in [-0.05, 0) is 48.1 Å². The Morgan fingerprint density at radius 1 is 0.913 bits per heavy atom. The fourth-order valence-corrected chi connectivity index (χ4v) is 3.31. The molecular formula is C19H20O4. The summed E-state index contributed by atoms with van der Waals surface area (Å²) >= 11 is 0. The monoisotopic (exact) mass is 312 g/mol. The Hall–Kier alpha value is -2.49. The minimum atomic E-state index is 0.598. The Morgan fingerprint density at radius 2 is 1.65 bits per heavy atom. The first-order valence-electron chi connectivity index (χ1n) is 7.63. The van der Waals surface area contributed by atoms with E-state index in [9.17, 15) is 4.79 Å². The third-order valence-corrected chi connectivity index (χ3v) is 4.34. The Balaban J connectivity index is 2.32. The van der Waals surface area contributed by atoms with Crippen LogP contribution in [0.25, 0.3) is 11.1 Å². The maximum Gasteiger partial charge on any atom is 0.203 e. The van der Waals surface area contributed by atoms with E-state index in [1.165, 1.54) is 11.1 Å². The lowest BCUT2D eigenvalue weighted by Crippen LogP contribution is -2.00. The largest absolute Gasteiger partial charge is 0.493 e. The van der Waals surface area contributed by atoms with Crippen LogP contribution in [0.15, 0.2) is 24.3 Å². The molecule has 120 valence electrons. The van der Waals surface area contributed by atoms with Crippen LogP contribution in [0.3, 0.4) is 0 Å². The van der Waals surface area contributed by atoms with E-state index in [0.717, 1.165) is 36.7 Å². The molecule has 0 aliphatic heterocycles. The van der Waals surface area contributed by atoms with Crippen molar-refractivity contribution in [1.82, 2.24) is 0 Å². The maximum atomic E-state index is 11.1. The summed E-state index contributed by atoms with van der Waals surface area (Å²) in [6, 6.07) is 7.84. The summed E-state index contributed by atoms with van der Waals surface area (Å²) < 4.78 is 16.6. The van der Waals surface area contributed by atoms with Gasteiger partial charge in [-0.1, -0.05) is 12.1 Å². The standard InChI is InChI=1S/C19H20O4/c1-21-16-10-14-6-4-5-13-9-12(11-20)7-8-15(13)17(14)19(23-3)18(16)22-2/h7-11H,4-6H2,1-3H3. The highest BCUT2D eigenvalue weighted by atomic mass is 16.5. The van der Waals surface area contributed by atoms with Crippen LogP contribution in [0.1, 0.15) is 27.9 Å². The molecule has 0 saturated heterocycles. The summed E-state index contributed by atoms with van der Waals surface area (Å²) in [6.07, 6.45) is 3.76. The van der Waals surface area contributed by atoms with Crippen LogP contribution >= 0.6 is 0 Å². The molecule has 0 N–H and O–H groups in total. The fourth-order valence-electron chi connectivity index (χ4n) is 3.31. The molecule has 0 aromatic heterocycles. The summed E-state index contributed by atoms with van der Waals surface area (Å²) in [6.45, 7) is 0. The zero-order valence-electron chi connectivity index (χ0n) is 13.6. The van der Waals surface area contributed by atoms with Gasteiger partial charge in [-0.15, -0.1) is 0 Å². The normalized spacial score (nSPS) is 12.7. The van der Waals surface area contributed by atoms with Crippen LogP contribution in [-0.2, 0) is 12.8 Å². The highest BCUT2D eigenvalue weighted by Crippen LogP contribution is 2.49. The number of ether oxygens (including phenoxy) is 3. The van der Waals surface area contributed by atoms with Gasteiger partial charge in [0.1, 0.15) is 6.29 Å². The number of benzene rings is 2. The Bertz CT molecular complexity index is 750. The molecule has 23 heavy (non-hydrogen) atoms. The highest BCUT2D eigenvalue weighted by molar-refractivity contribution is 5.85. The molecule has 4 heteroatoms. The number of methoxy groups -OCH3 is 3. The molecule has 2 aromatic rings. The van der Waals surface area contributed by atoms with E-state index in [2.05, 4.69) is 0 Å². The molecule has 0 radical (unpaired) electrons. The van der Waals surface area contributed by atoms with E-state index in [1.54, 1.807) is 21.3 Å². The molecule has 4 nitrogen and oxygen atoms in total. The first-order chi connectivity index (χ1) is 11.2. The van der Waals surface area contributed by atoms with Crippen molar-refractivity contribution in [3.63, 3.8) is 0 Å². The van der Waals surface area contributed by atoms with Gasteiger partial charge in [0.2, 0.25) is 5.75 Å². The van der Waals surface area contributed by atoms with Gasteiger partial charge >= 0.3 is 0 Å². The summed E-state index contributed by atoms with van der Waals surface area (Å²) in [5.74, 6) is 1.96. The second-order valence-electron chi connectivity index (χ2n) is 5.57. The molecule has 0 amide bonds. The molecule has 0 fully saturated rings. The van der Waals surface area contributed by atoms with Crippen LogP contribution in [-0.4, -0.2) is 27.6 Å². The average Bonchev–Trinajstić information content (AvgIpc) is 2.78. The second kappa shape index (κ2) is 6.32. The highest BCUT2D eigenvalue weighted by Gasteiger charge is 2.25. The molecular weight excluding hydrogens is 292 g/mol. The summed E-state index contributed by atoms with van der Waals surface area (Å²) in [5.41, 5.74) is 5.18. The fraction of sp³-hybridized carbons (Fsp3) is 0.316. The van der Waals surface area contributed by atoms with Gasteiger partial charge in [0.25, 0.3) is 0 Å². The van der Waals surface area contributed by atoms with E-state index in [4.69, 9.17) is 14.2 Å². The minimum absolute atomic E-state index is 0.598. The smallest absolute Gasteiger partial charge is 0.203 e. The molecule has 0 bridgehead atoms. The van der Waals surface area contributed by atoms with Crippen molar-refractivity contribution in [3.8, 4) is 28.4 Å². The molecule has 0 heterocycles. The maximum absolute atomic E-state index is 11.1. The molecule has 1 aliphatic rings. The summed E-state index contributed by atoms with van der Waals surface area (Å²) in [4.78, 5) is 11.1. The number of hydrogen-bond acceptors (Lipinski definition) is 4. The van der Waals surface area contributed by atoms with Gasteiger partial charge in [-0.3, -0.25) is 4.79 Å². The van der Waals surface area contributed by atoms with E-state index >= 15 is 0 Å². The third kappa shape index (κ3) is 2.54. The van der Waals surface area contributed by atoms with Crippen molar-refractivity contribution in [2.24, 2.45) is 0 Å². The quantitative estimate of drug-likeness (QED) is 0.808. The SMILES string of the molecule is COc1cc2c(c(OC)c1OC)-c1ccc(C=O)cc1CCC2. The van der Waals surface area contributed by atoms with Crippen molar-refractivity contribution in [2.45, 2.75) is 19.3 Å². The lowest BCUT2D eigenvalue weighted by atomic mass is 9.93. The van der Waals surface area contributed by atoms with Crippen LogP contribution in [0.2, 0.25) is 0 Å². The van der Waals surface area contributed by atoms with Gasteiger partial charge < -0.3 is 14.2 Å². The van der Waals surface area contributed by atoms with E-state index in [0.29, 0.717) is 22.8 Å². The average molecular weight is 312 g/mol. The molecule has 2 aromatic carbocycles. The molecule has 0 atom stereocenters. The number of rotatable bonds is 4. The number of carbonyl (C=O) groups is 1. The van der Waals surface area contributed by atoms with Crippen molar-refractivity contribution in [3.05, 3.63) is 41.0 Å². The predicted octanol–water partition coefficient (Wildman–Crippen LogP) is 3.68. The predicted molar refractivity (Wildman–Crippen MR) is 88.9 cm³/mol. The number of fused-ring (bicyclic) bond motifs is 3. The molecule has 0 unspecified atom stereocenters. The van der Waals surface area contributed by atoms with Crippen molar-refractivity contribution < 1.29 is 19.0 Å². The molecule has 0 spiro atoms. The first-order valence-corrected chi connectivity index (χ1v) is 7.63. The van der Waals surface area contributed by atoms with Crippen molar-refractivity contribution in [1.29, 1.82) is 0 Å². The lowest BCUT2D eigenvalue weighted by Gasteiger charge is -2.19. The van der Waals surface area contributed by atoms with Gasteiger partial charge in [-0.25, -0.2) is 0 Å². The Labute approximate surface area is 136 Å². The van der Waals surface area contributed by atoms with E-state index < -0.39 is 0 Å².